The summed E-state index contributed by atoms with van der Waals surface area (Å²) in [5.74, 6) is 1.08. The quantitative estimate of drug-likeness (QED) is 0.794. The maximum Gasteiger partial charge on any atom is 0.328 e. The Morgan fingerprint density at radius 3 is 2.64 bits per heavy atom. The van der Waals surface area contributed by atoms with Gasteiger partial charge in [-0.05, 0) is 44.2 Å². The summed E-state index contributed by atoms with van der Waals surface area (Å²) in [6.45, 7) is 8.65. The SMILES string of the molecule is CC[C@H](C(=O)OC)N1c2cc(OC)ccc2[C@@H](C)CC1(C)C. The zero-order valence-electron chi connectivity index (χ0n) is 14.5. The lowest BCUT2D eigenvalue weighted by Gasteiger charge is -2.50. The summed E-state index contributed by atoms with van der Waals surface area (Å²) < 4.78 is 10.4. The van der Waals surface area contributed by atoms with Crippen LogP contribution < -0.4 is 9.64 Å². The molecular weight excluding hydrogens is 278 g/mol. The Hall–Kier alpha value is -1.71. The van der Waals surface area contributed by atoms with Crippen LogP contribution in [0.15, 0.2) is 18.2 Å². The Morgan fingerprint density at radius 1 is 1.41 bits per heavy atom. The van der Waals surface area contributed by atoms with Gasteiger partial charge in [-0.2, -0.15) is 0 Å². The first-order chi connectivity index (χ1) is 10.4. The van der Waals surface area contributed by atoms with Gasteiger partial charge in [0.1, 0.15) is 11.8 Å². The number of hydrogen-bond acceptors (Lipinski definition) is 4. The highest BCUT2D eigenvalue weighted by atomic mass is 16.5. The third-order valence-electron chi connectivity index (χ3n) is 4.66. The van der Waals surface area contributed by atoms with Gasteiger partial charge in [-0.25, -0.2) is 4.79 Å². The van der Waals surface area contributed by atoms with E-state index in [1.807, 2.05) is 19.1 Å². The summed E-state index contributed by atoms with van der Waals surface area (Å²) in [5, 5.41) is 0. The fourth-order valence-corrected chi connectivity index (χ4v) is 3.74. The van der Waals surface area contributed by atoms with Gasteiger partial charge >= 0.3 is 5.97 Å². The number of nitrogens with zero attached hydrogens (tertiary/aromatic N) is 1. The summed E-state index contributed by atoms with van der Waals surface area (Å²) in [6.07, 6.45) is 1.71. The maximum atomic E-state index is 12.3. The average molecular weight is 305 g/mol. The minimum Gasteiger partial charge on any atom is -0.497 e. The van der Waals surface area contributed by atoms with Gasteiger partial charge in [-0.3, -0.25) is 0 Å². The number of esters is 1. The molecule has 0 spiro atoms. The number of carbonyl (C=O) groups is 1. The van der Waals surface area contributed by atoms with Gasteiger partial charge in [0.25, 0.3) is 0 Å². The van der Waals surface area contributed by atoms with Crippen LogP contribution in [0.4, 0.5) is 5.69 Å². The van der Waals surface area contributed by atoms with Crippen molar-refractivity contribution < 1.29 is 14.3 Å². The van der Waals surface area contributed by atoms with Crippen LogP contribution in [-0.2, 0) is 9.53 Å². The molecule has 2 rings (SSSR count). The van der Waals surface area contributed by atoms with E-state index in [0.717, 1.165) is 17.9 Å². The van der Waals surface area contributed by atoms with Crippen LogP contribution in [0.2, 0.25) is 0 Å². The maximum absolute atomic E-state index is 12.3. The van der Waals surface area contributed by atoms with Gasteiger partial charge in [0.2, 0.25) is 0 Å². The number of ether oxygens (including phenoxy) is 2. The Balaban J connectivity index is 2.59. The first-order valence-corrected chi connectivity index (χ1v) is 7.90. The molecule has 0 bridgehead atoms. The van der Waals surface area contributed by atoms with E-state index in [9.17, 15) is 4.79 Å². The zero-order valence-corrected chi connectivity index (χ0v) is 14.5. The number of carbonyl (C=O) groups excluding carboxylic acids is 1. The average Bonchev–Trinajstić information content (AvgIpc) is 2.49. The van der Waals surface area contributed by atoms with E-state index in [4.69, 9.17) is 9.47 Å². The molecule has 4 heteroatoms. The Morgan fingerprint density at radius 2 is 2.09 bits per heavy atom. The number of rotatable bonds is 4. The van der Waals surface area contributed by atoms with Crippen molar-refractivity contribution in [3.05, 3.63) is 23.8 Å². The minimum absolute atomic E-state index is 0.117. The second-order valence-electron chi connectivity index (χ2n) is 6.66. The fraction of sp³-hybridized carbons (Fsp3) is 0.611. The predicted molar refractivity (Wildman–Crippen MR) is 88.7 cm³/mol. The van der Waals surface area contributed by atoms with Crippen molar-refractivity contribution in [1.82, 2.24) is 0 Å². The molecule has 2 atom stereocenters. The van der Waals surface area contributed by atoms with E-state index >= 15 is 0 Å². The molecule has 0 unspecified atom stereocenters. The van der Waals surface area contributed by atoms with E-state index in [1.165, 1.54) is 12.7 Å². The third-order valence-corrected chi connectivity index (χ3v) is 4.66. The Kier molecular flexibility index (Phi) is 4.69. The minimum atomic E-state index is -0.279. The van der Waals surface area contributed by atoms with Crippen molar-refractivity contribution in [3.8, 4) is 5.75 Å². The molecule has 0 amide bonds. The second-order valence-corrected chi connectivity index (χ2v) is 6.66. The lowest BCUT2D eigenvalue weighted by atomic mass is 9.79. The topological polar surface area (TPSA) is 38.8 Å². The molecule has 0 aliphatic carbocycles. The van der Waals surface area contributed by atoms with Crippen molar-refractivity contribution in [2.24, 2.45) is 0 Å². The van der Waals surface area contributed by atoms with Crippen LogP contribution in [-0.4, -0.2) is 31.8 Å². The predicted octanol–water partition coefficient (Wildman–Crippen LogP) is 3.74. The highest BCUT2D eigenvalue weighted by Gasteiger charge is 2.42. The highest BCUT2D eigenvalue weighted by Crippen LogP contribution is 2.46. The molecule has 0 saturated heterocycles. The molecule has 0 saturated carbocycles. The van der Waals surface area contributed by atoms with Gasteiger partial charge in [0.15, 0.2) is 0 Å². The smallest absolute Gasteiger partial charge is 0.328 e. The molecule has 4 nitrogen and oxygen atoms in total. The number of fused-ring (bicyclic) bond motifs is 1. The molecule has 1 aromatic carbocycles. The fourth-order valence-electron chi connectivity index (χ4n) is 3.74. The number of hydrogen-bond donors (Lipinski definition) is 0. The van der Waals surface area contributed by atoms with Crippen LogP contribution >= 0.6 is 0 Å². The molecule has 0 N–H and O–H groups in total. The van der Waals surface area contributed by atoms with Crippen molar-refractivity contribution in [2.75, 3.05) is 19.1 Å². The molecule has 0 radical (unpaired) electrons. The van der Waals surface area contributed by atoms with E-state index in [0.29, 0.717) is 12.3 Å². The first kappa shape index (κ1) is 16.7. The van der Waals surface area contributed by atoms with Gasteiger partial charge in [-0.15, -0.1) is 0 Å². The summed E-state index contributed by atoms with van der Waals surface area (Å²) >= 11 is 0. The second kappa shape index (κ2) is 6.19. The van der Waals surface area contributed by atoms with Crippen LogP contribution in [0, 0.1) is 0 Å². The summed E-state index contributed by atoms with van der Waals surface area (Å²) in [5.41, 5.74) is 2.23. The summed E-state index contributed by atoms with van der Waals surface area (Å²) in [6, 6.07) is 5.87. The molecule has 1 heterocycles. The Bertz CT molecular complexity index is 553. The standard InChI is InChI=1S/C18H27NO3/c1-7-15(17(20)22-6)19-16-10-13(21-5)8-9-14(16)12(2)11-18(19,3)4/h8-10,12,15H,7,11H2,1-6H3/t12-,15+/m0/s1. The van der Waals surface area contributed by atoms with Gasteiger partial charge in [0.05, 0.1) is 14.2 Å². The highest BCUT2D eigenvalue weighted by molar-refractivity contribution is 5.82. The van der Waals surface area contributed by atoms with E-state index in [1.54, 1.807) is 7.11 Å². The van der Waals surface area contributed by atoms with Crippen LogP contribution in [0.3, 0.4) is 0 Å². The van der Waals surface area contributed by atoms with E-state index in [2.05, 4.69) is 31.7 Å². The van der Waals surface area contributed by atoms with Gasteiger partial charge in [0, 0.05) is 17.3 Å². The zero-order chi connectivity index (χ0) is 16.5. The summed E-state index contributed by atoms with van der Waals surface area (Å²) in [4.78, 5) is 14.5. The summed E-state index contributed by atoms with van der Waals surface area (Å²) in [7, 11) is 3.12. The van der Waals surface area contributed by atoms with Gasteiger partial charge in [-0.1, -0.05) is 19.9 Å². The number of anilines is 1. The van der Waals surface area contributed by atoms with Crippen molar-refractivity contribution in [2.45, 2.75) is 58.0 Å². The number of methoxy groups -OCH3 is 2. The Labute approximate surface area is 133 Å². The first-order valence-electron chi connectivity index (χ1n) is 7.90. The molecule has 22 heavy (non-hydrogen) atoms. The molecule has 1 aromatic rings. The molecule has 1 aliphatic heterocycles. The third kappa shape index (κ3) is 2.79. The monoisotopic (exact) mass is 305 g/mol. The molecule has 0 fully saturated rings. The molecule has 1 aliphatic rings. The van der Waals surface area contributed by atoms with Crippen LogP contribution in [0.5, 0.6) is 5.75 Å². The molecule has 0 aromatic heterocycles. The lowest BCUT2D eigenvalue weighted by Crippen LogP contribution is -2.56. The van der Waals surface area contributed by atoms with E-state index < -0.39 is 0 Å². The van der Waals surface area contributed by atoms with Crippen molar-refractivity contribution in [3.63, 3.8) is 0 Å². The van der Waals surface area contributed by atoms with Crippen molar-refractivity contribution >= 4 is 11.7 Å². The van der Waals surface area contributed by atoms with E-state index in [-0.39, 0.29) is 17.6 Å². The van der Waals surface area contributed by atoms with Crippen LogP contribution in [0.25, 0.3) is 0 Å². The normalized spacial score (nSPS) is 21.0. The van der Waals surface area contributed by atoms with Gasteiger partial charge < -0.3 is 14.4 Å². The largest absolute Gasteiger partial charge is 0.497 e. The lowest BCUT2D eigenvalue weighted by molar-refractivity contribution is -0.142. The van der Waals surface area contributed by atoms with Crippen LogP contribution in [0.1, 0.15) is 52.0 Å². The van der Waals surface area contributed by atoms with Crippen molar-refractivity contribution in [1.29, 1.82) is 0 Å². The number of benzene rings is 1. The molecular formula is C18H27NO3. The molecule has 122 valence electrons.